The van der Waals surface area contributed by atoms with Gasteiger partial charge in [0.2, 0.25) is 5.91 Å². The van der Waals surface area contributed by atoms with Crippen LogP contribution in [0.15, 0.2) is 11.5 Å². The van der Waals surface area contributed by atoms with Crippen molar-refractivity contribution < 1.29 is 13.2 Å². The summed E-state index contributed by atoms with van der Waals surface area (Å²) in [7, 11) is -3.09. The fourth-order valence-electron chi connectivity index (χ4n) is 1.99. The van der Waals surface area contributed by atoms with Gasteiger partial charge in [-0.15, -0.1) is 0 Å². The Bertz CT molecular complexity index is 413. The Hall–Kier alpha value is -0.920. The first-order valence-electron chi connectivity index (χ1n) is 5.68. The second kappa shape index (κ2) is 5.16. The topological polar surface area (TPSA) is 78.5 Å². The maximum Gasteiger partial charge on any atom is 0.234 e. The Labute approximate surface area is 101 Å². The molecule has 7 heteroatoms. The van der Waals surface area contributed by atoms with Gasteiger partial charge in [0.1, 0.15) is 0 Å². The van der Waals surface area contributed by atoms with Gasteiger partial charge < -0.3 is 10.6 Å². The third-order valence-electron chi connectivity index (χ3n) is 2.85. The van der Waals surface area contributed by atoms with Crippen LogP contribution in [0.1, 0.15) is 0 Å². The molecule has 2 N–H and O–H groups in total. The van der Waals surface area contributed by atoms with Gasteiger partial charge in [0.15, 0.2) is 9.84 Å². The molecule has 1 atom stereocenters. The number of sulfone groups is 1. The smallest absolute Gasteiger partial charge is 0.234 e. The number of piperazine rings is 1. The first kappa shape index (κ1) is 12.5. The van der Waals surface area contributed by atoms with Crippen molar-refractivity contribution in [1.29, 1.82) is 0 Å². The number of nitrogens with zero attached hydrogens (tertiary/aromatic N) is 1. The molecule has 0 aliphatic carbocycles. The minimum atomic E-state index is -3.09. The van der Waals surface area contributed by atoms with Gasteiger partial charge in [-0.2, -0.15) is 0 Å². The van der Waals surface area contributed by atoms with E-state index < -0.39 is 9.84 Å². The normalized spacial score (nSPS) is 28.1. The fourth-order valence-corrected chi connectivity index (χ4v) is 3.23. The highest BCUT2D eigenvalue weighted by Crippen LogP contribution is 2.07. The lowest BCUT2D eigenvalue weighted by molar-refractivity contribution is -0.122. The van der Waals surface area contributed by atoms with Crippen LogP contribution in [-0.4, -0.2) is 63.7 Å². The van der Waals surface area contributed by atoms with E-state index in [2.05, 4.69) is 15.5 Å². The highest BCUT2D eigenvalue weighted by molar-refractivity contribution is 7.94. The van der Waals surface area contributed by atoms with Gasteiger partial charge in [-0.25, -0.2) is 8.42 Å². The summed E-state index contributed by atoms with van der Waals surface area (Å²) in [6.07, 6.45) is 1.53. The lowest BCUT2D eigenvalue weighted by Crippen LogP contribution is -2.49. The van der Waals surface area contributed by atoms with Crippen molar-refractivity contribution in [2.45, 2.75) is 6.04 Å². The van der Waals surface area contributed by atoms with E-state index in [-0.39, 0.29) is 17.7 Å². The third-order valence-corrected chi connectivity index (χ3v) is 4.25. The van der Waals surface area contributed by atoms with E-state index in [4.69, 9.17) is 0 Å². The summed E-state index contributed by atoms with van der Waals surface area (Å²) in [4.78, 5) is 13.7. The predicted octanol–water partition coefficient (Wildman–Crippen LogP) is -1.68. The minimum absolute atomic E-state index is 0.0136. The molecule has 6 nitrogen and oxygen atoms in total. The lowest BCUT2D eigenvalue weighted by Gasteiger charge is -2.26. The Morgan fingerprint density at radius 3 is 2.71 bits per heavy atom. The zero-order valence-electron chi connectivity index (χ0n) is 9.55. The van der Waals surface area contributed by atoms with Crippen molar-refractivity contribution in [1.82, 2.24) is 15.5 Å². The molecule has 0 aromatic carbocycles. The average molecular weight is 259 g/mol. The number of hydrogen-bond donors (Lipinski definition) is 2. The number of amides is 1. The van der Waals surface area contributed by atoms with Crippen LogP contribution in [-0.2, 0) is 14.6 Å². The Morgan fingerprint density at radius 1 is 1.41 bits per heavy atom. The molecule has 0 bridgehead atoms. The van der Waals surface area contributed by atoms with E-state index in [0.29, 0.717) is 6.54 Å². The van der Waals surface area contributed by atoms with Gasteiger partial charge >= 0.3 is 0 Å². The maximum absolute atomic E-state index is 11.7. The van der Waals surface area contributed by atoms with Crippen LogP contribution >= 0.6 is 0 Å². The highest BCUT2D eigenvalue weighted by atomic mass is 32.2. The highest BCUT2D eigenvalue weighted by Gasteiger charge is 2.23. The van der Waals surface area contributed by atoms with Crippen LogP contribution < -0.4 is 10.6 Å². The van der Waals surface area contributed by atoms with Crippen molar-refractivity contribution in [3.8, 4) is 0 Å². The Balaban J connectivity index is 1.76. The lowest BCUT2D eigenvalue weighted by atomic mass is 10.3. The summed E-state index contributed by atoms with van der Waals surface area (Å²) in [5, 5.41) is 7.09. The SMILES string of the molecule is O=C(CN1CCNCC1)NC1C=CS(=O)(=O)C1. The monoisotopic (exact) mass is 259 g/mol. The molecule has 0 spiro atoms. The van der Waals surface area contributed by atoms with Crippen LogP contribution in [0, 0.1) is 0 Å². The standard InChI is InChI=1S/C10H17N3O3S/c14-10(7-13-4-2-11-3-5-13)12-9-1-6-17(15,16)8-9/h1,6,9,11H,2-5,7-8H2,(H,12,14). The zero-order chi connectivity index (χ0) is 12.3. The van der Waals surface area contributed by atoms with E-state index in [1.54, 1.807) is 0 Å². The maximum atomic E-state index is 11.7. The summed E-state index contributed by atoms with van der Waals surface area (Å²) in [6.45, 7) is 3.83. The molecule has 1 fully saturated rings. The quantitative estimate of drug-likeness (QED) is 0.633. The van der Waals surface area contributed by atoms with Crippen LogP contribution in [0.2, 0.25) is 0 Å². The van der Waals surface area contributed by atoms with Crippen molar-refractivity contribution in [2.75, 3.05) is 38.5 Å². The third kappa shape index (κ3) is 3.79. The van der Waals surface area contributed by atoms with Crippen molar-refractivity contribution >= 4 is 15.7 Å². The first-order chi connectivity index (χ1) is 8.05. The van der Waals surface area contributed by atoms with Gasteiger partial charge in [-0.05, 0) is 6.08 Å². The molecule has 0 radical (unpaired) electrons. The van der Waals surface area contributed by atoms with Crippen molar-refractivity contribution in [3.63, 3.8) is 0 Å². The summed E-state index contributed by atoms with van der Waals surface area (Å²) in [6, 6.07) is -0.365. The van der Waals surface area contributed by atoms with E-state index >= 15 is 0 Å². The second-order valence-corrected chi connectivity index (χ2v) is 6.29. The number of carbonyl (C=O) groups excluding carboxylic acids is 1. The molecular weight excluding hydrogens is 242 g/mol. The number of rotatable bonds is 3. The molecule has 1 amide bonds. The van der Waals surface area contributed by atoms with Crippen LogP contribution in [0.5, 0.6) is 0 Å². The largest absolute Gasteiger partial charge is 0.348 e. The molecule has 0 aromatic rings. The summed E-state index contributed by atoms with van der Waals surface area (Å²) in [5.74, 6) is -0.126. The molecule has 2 heterocycles. The van der Waals surface area contributed by atoms with Crippen molar-refractivity contribution in [2.24, 2.45) is 0 Å². The van der Waals surface area contributed by atoms with Crippen LogP contribution in [0.4, 0.5) is 0 Å². The Kier molecular flexibility index (Phi) is 3.80. The minimum Gasteiger partial charge on any atom is -0.348 e. The molecule has 0 aromatic heterocycles. The van der Waals surface area contributed by atoms with Crippen molar-refractivity contribution in [3.05, 3.63) is 11.5 Å². The fraction of sp³-hybridized carbons (Fsp3) is 0.700. The Morgan fingerprint density at radius 2 is 2.12 bits per heavy atom. The first-order valence-corrected chi connectivity index (χ1v) is 7.40. The molecule has 2 aliphatic heterocycles. The van der Waals surface area contributed by atoms with Crippen LogP contribution in [0.3, 0.4) is 0 Å². The van der Waals surface area contributed by atoms with Gasteiger partial charge in [-0.3, -0.25) is 9.69 Å². The van der Waals surface area contributed by atoms with E-state index in [0.717, 1.165) is 26.2 Å². The molecule has 1 unspecified atom stereocenters. The molecule has 0 saturated carbocycles. The molecule has 96 valence electrons. The second-order valence-electron chi connectivity index (χ2n) is 4.36. The summed E-state index contributed by atoms with van der Waals surface area (Å²) in [5.41, 5.74) is 0. The van der Waals surface area contributed by atoms with E-state index in [1.165, 1.54) is 11.5 Å². The average Bonchev–Trinajstić information content (AvgIpc) is 2.59. The summed E-state index contributed by atoms with van der Waals surface area (Å²) >= 11 is 0. The van der Waals surface area contributed by atoms with Gasteiger partial charge in [0.25, 0.3) is 0 Å². The molecule has 2 aliphatic rings. The van der Waals surface area contributed by atoms with E-state index in [1.807, 2.05) is 0 Å². The molecule has 2 rings (SSSR count). The van der Waals surface area contributed by atoms with Gasteiger partial charge in [0, 0.05) is 31.6 Å². The van der Waals surface area contributed by atoms with E-state index in [9.17, 15) is 13.2 Å². The van der Waals surface area contributed by atoms with Gasteiger partial charge in [0.05, 0.1) is 18.3 Å². The molecule has 1 saturated heterocycles. The number of nitrogens with one attached hydrogen (secondary N) is 2. The summed E-state index contributed by atoms with van der Waals surface area (Å²) < 4.78 is 22.3. The predicted molar refractivity (Wildman–Crippen MR) is 64.2 cm³/mol. The molecular formula is C10H17N3O3S. The zero-order valence-corrected chi connectivity index (χ0v) is 10.4. The molecule has 17 heavy (non-hydrogen) atoms. The number of hydrogen-bond acceptors (Lipinski definition) is 5. The number of carbonyl (C=O) groups is 1. The van der Waals surface area contributed by atoms with Crippen LogP contribution in [0.25, 0.3) is 0 Å². The van der Waals surface area contributed by atoms with Gasteiger partial charge in [-0.1, -0.05) is 0 Å².